The molecule has 0 radical (unpaired) electrons. The summed E-state index contributed by atoms with van der Waals surface area (Å²) < 4.78 is 1.04. The number of hydrogen-bond acceptors (Lipinski definition) is 2. The van der Waals surface area contributed by atoms with Gasteiger partial charge in [0.15, 0.2) is 0 Å². The molecule has 1 atom stereocenters. The summed E-state index contributed by atoms with van der Waals surface area (Å²) in [5, 5.41) is 3.24. The van der Waals surface area contributed by atoms with E-state index in [1.54, 1.807) is 0 Å². The molecular formula is C19H23BrN2O2. The van der Waals surface area contributed by atoms with Gasteiger partial charge in [-0.15, -0.1) is 0 Å². The van der Waals surface area contributed by atoms with Gasteiger partial charge in [0.1, 0.15) is 0 Å². The normalized spacial score (nSPS) is 26.0. The molecule has 1 N–H and O–H groups in total. The number of nitrogens with zero attached hydrogens (tertiary/aromatic N) is 1. The maximum atomic E-state index is 12.7. The molecule has 1 saturated heterocycles. The van der Waals surface area contributed by atoms with Crippen molar-refractivity contribution in [3.63, 3.8) is 0 Å². The number of hydrogen-bond donors (Lipinski definition) is 1. The van der Waals surface area contributed by atoms with Gasteiger partial charge in [0, 0.05) is 23.5 Å². The summed E-state index contributed by atoms with van der Waals surface area (Å²) in [6.45, 7) is 0.603. The molecule has 128 valence electrons. The SMILES string of the molecule is O=C(NC1(c2ccc(Br)cc2)CC1)C1CC(=O)N(C2CCCC2)C1. The summed E-state index contributed by atoms with van der Waals surface area (Å²) in [6, 6.07) is 8.55. The maximum absolute atomic E-state index is 12.7. The zero-order valence-electron chi connectivity index (χ0n) is 13.8. The Morgan fingerprint density at radius 1 is 1.17 bits per heavy atom. The predicted molar refractivity (Wildman–Crippen MR) is 95.3 cm³/mol. The Kier molecular flexibility index (Phi) is 4.15. The van der Waals surface area contributed by atoms with Crippen LogP contribution in [0, 0.1) is 5.92 Å². The van der Waals surface area contributed by atoms with Crippen LogP contribution in [0.4, 0.5) is 0 Å². The van der Waals surface area contributed by atoms with Crippen molar-refractivity contribution >= 4 is 27.7 Å². The third-order valence-corrected chi connectivity index (χ3v) is 6.33. The number of amides is 2. The summed E-state index contributed by atoms with van der Waals surface area (Å²) in [7, 11) is 0. The minimum absolute atomic E-state index is 0.0456. The van der Waals surface area contributed by atoms with Crippen LogP contribution in [0.5, 0.6) is 0 Å². The molecule has 4 nitrogen and oxygen atoms in total. The van der Waals surface area contributed by atoms with Crippen molar-refractivity contribution in [2.75, 3.05) is 6.54 Å². The van der Waals surface area contributed by atoms with Crippen molar-refractivity contribution in [1.82, 2.24) is 10.2 Å². The third-order valence-electron chi connectivity index (χ3n) is 5.80. The van der Waals surface area contributed by atoms with Gasteiger partial charge >= 0.3 is 0 Å². The smallest absolute Gasteiger partial charge is 0.226 e. The first-order chi connectivity index (χ1) is 11.6. The highest BCUT2D eigenvalue weighted by Crippen LogP contribution is 2.46. The molecule has 24 heavy (non-hydrogen) atoms. The quantitative estimate of drug-likeness (QED) is 0.856. The highest BCUT2D eigenvalue weighted by molar-refractivity contribution is 9.10. The molecule has 0 spiro atoms. The lowest BCUT2D eigenvalue weighted by atomic mass is 10.0. The molecule has 2 aliphatic carbocycles. The van der Waals surface area contributed by atoms with Crippen LogP contribution in [-0.4, -0.2) is 29.3 Å². The average molecular weight is 391 g/mol. The van der Waals surface area contributed by atoms with E-state index in [1.165, 1.54) is 12.8 Å². The van der Waals surface area contributed by atoms with Gasteiger partial charge in [-0.05, 0) is 43.4 Å². The van der Waals surface area contributed by atoms with Gasteiger partial charge in [0.05, 0.1) is 11.5 Å². The van der Waals surface area contributed by atoms with E-state index in [2.05, 4.69) is 33.4 Å². The van der Waals surface area contributed by atoms with Crippen LogP contribution in [0.3, 0.4) is 0 Å². The van der Waals surface area contributed by atoms with Crippen LogP contribution in [-0.2, 0) is 15.1 Å². The van der Waals surface area contributed by atoms with Gasteiger partial charge in [0.2, 0.25) is 11.8 Å². The first kappa shape index (κ1) is 16.1. The monoisotopic (exact) mass is 390 g/mol. The van der Waals surface area contributed by atoms with E-state index in [0.29, 0.717) is 19.0 Å². The van der Waals surface area contributed by atoms with Crippen LogP contribution >= 0.6 is 15.9 Å². The first-order valence-corrected chi connectivity index (χ1v) is 9.74. The van der Waals surface area contributed by atoms with E-state index < -0.39 is 0 Å². The maximum Gasteiger partial charge on any atom is 0.226 e. The molecule has 2 amide bonds. The van der Waals surface area contributed by atoms with Gasteiger partial charge in [0.25, 0.3) is 0 Å². The van der Waals surface area contributed by atoms with Crippen molar-refractivity contribution in [2.24, 2.45) is 5.92 Å². The van der Waals surface area contributed by atoms with E-state index in [0.717, 1.165) is 35.7 Å². The molecule has 3 fully saturated rings. The second-order valence-electron chi connectivity index (χ2n) is 7.46. The average Bonchev–Trinajstić information content (AvgIpc) is 2.98. The highest BCUT2D eigenvalue weighted by atomic mass is 79.9. The fourth-order valence-electron chi connectivity index (χ4n) is 4.19. The van der Waals surface area contributed by atoms with E-state index >= 15 is 0 Å². The molecule has 0 bridgehead atoms. The van der Waals surface area contributed by atoms with Gasteiger partial charge in [-0.2, -0.15) is 0 Å². The summed E-state index contributed by atoms with van der Waals surface area (Å²) in [5.41, 5.74) is 0.956. The van der Waals surface area contributed by atoms with Crippen molar-refractivity contribution in [2.45, 2.75) is 56.5 Å². The Morgan fingerprint density at radius 3 is 2.46 bits per heavy atom. The second kappa shape index (κ2) is 6.17. The van der Waals surface area contributed by atoms with Crippen LogP contribution in [0.2, 0.25) is 0 Å². The van der Waals surface area contributed by atoms with E-state index in [9.17, 15) is 9.59 Å². The summed E-state index contributed by atoms with van der Waals surface area (Å²) in [6.07, 6.45) is 6.95. The third kappa shape index (κ3) is 2.99. The van der Waals surface area contributed by atoms with Crippen LogP contribution < -0.4 is 5.32 Å². The Balaban J connectivity index is 1.41. The summed E-state index contributed by atoms with van der Waals surface area (Å²) in [5.74, 6) is 0.0193. The number of halogens is 1. The van der Waals surface area contributed by atoms with Crippen molar-refractivity contribution in [3.8, 4) is 0 Å². The lowest BCUT2D eigenvalue weighted by Gasteiger charge is -2.24. The zero-order valence-corrected chi connectivity index (χ0v) is 15.3. The Hall–Kier alpha value is -1.36. The summed E-state index contributed by atoms with van der Waals surface area (Å²) in [4.78, 5) is 27.0. The fourth-order valence-corrected chi connectivity index (χ4v) is 4.46. The molecule has 0 aromatic heterocycles. The molecule has 1 unspecified atom stereocenters. The van der Waals surface area contributed by atoms with E-state index in [-0.39, 0.29) is 23.3 Å². The number of benzene rings is 1. The lowest BCUT2D eigenvalue weighted by molar-refractivity contribution is -0.130. The van der Waals surface area contributed by atoms with Gasteiger partial charge in [-0.3, -0.25) is 9.59 Å². The van der Waals surface area contributed by atoms with Gasteiger partial charge in [-0.1, -0.05) is 40.9 Å². The largest absolute Gasteiger partial charge is 0.346 e. The molecule has 1 heterocycles. The molecule has 1 aliphatic heterocycles. The minimum atomic E-state index is -0.207. The Labute approximate surface area is 151 Å². The van der Waals surface area contributed by atoms with Crippen molar-refractivity contribution in [3.05, 3.63) is 34.3 Å². The number of likely N-dealkylation sites (tertiary alicyclic amines) is 1. The number of carbonyl (C=O) groups is 2. The molecule has 5 heteroatoms. The Bertz CT molecular complexity index is 648. The fraction of sp³-hybridized carbons (Fsp3) is 0.579. The predicted octanol–water partition coefficient (Wildman–Crippen LogP) is 3.35. The minimum Gasteiger partial charge on any atom is -0.346 e. The number of nitrogens with one attached hydrogen (secondary N) is 1. The van der Waals surface area contributed by atoms with Crippen molar-refractivity contribution in [1.29, 1.82) is 0 Å². The number of carbonyl (C=O) groups excluding carboxylic acids is 2. The van der Waals surface area contributed by atoms with Crippen molar-refractivity contribution < 1.29 is 9.59 Å². The van der Waals surface area contributed by atoms with E-state index in [1.807, 2.05) is 17.0 Å². The topological polar surface area (TPSA) is 49.4 Å². The molecule has 4 rings (SSSR count). The summed E-state index contributed by atoms with van der Waals surface area (Å²) >= 11 is 3.45. The van der Waals surface area contributed by atoms with E-state index in [4.69, 9.17) is 0 Å². The van der Waals surface area contributed by atoms with Crippen LogP contribution in [0.15, 0.2) is 28.7 Å². The highest BCUT2D eigenvalue weighted by Gasteiger charge is 2.48. The molecule has 3 aliphatic rings. The number of rotatable bonds is 4. The Morgan fingerprint density at radius 2 is 1.83 bits per heavy atom. The van der Waals surface area contributed by atoms with Gasteiger partial charge in [-0.25, -0.2) is 0 Å². The standard InChI is InChI=1S/C19H23BrN2O2/c20-15-7-5-14(6-8-15)19(9-10-19)21-18(24)13-11-17(23)22(12-13)16-3-1-2-4-16/h5-8,13,16H,1-4,9-12H2,(H,21,24). The first-order valence-electron chi connectivity index (χ1n) is 8.95. The van der Waals surface area contributed by atoms with Crippen LogP contribution in [0.25, 0.3) is 0 Å². The molecular weight excluding hydrogens is 368 g/mol. The lowest BCUT2D eigenvalue weighted by Crippen LogP contribution is -2.41. The van der Waals surface area contributed by atoms with Crippen LogP contribution in [0.1, 0.15) is 50.5 Å². The zero-order chi connectivity index (χ0) is 16.7. The van der Waals surface area contributed by atoms with Gasteiger partial charge < -0.3 is 10.2 Å². The molecule has 1 aromatic rings. The molecule has 2 saturated carbocycles. The second-order valence-corrected chi connectivity index (χ2v) is 8.38. The molecule has 1 aromatic carbocycles.